The van der Waals surface area contributed by atoms with E-state index in [1.165, 1.54) is 5.56 Å². The second-order valence-electron chi connectivity index (χ2n) is 3.10. The Labute approximate surface area is 96.0 Å². The van der Waals surface area contributed by atoms with Crippen molar-refractivity contribution in [3.05, 3.63) is 32.7 Å². The summed E-state index contributed by atoms with van der Waals surface area (Å²) in [5.41, 5.74) is 7.19. The Hall–Kier alpha value is 0.140. The van der Waals surface area contributed by atoms with E-state index < -0.39 is 0 Å². The number of hydrogen-bond acceptors (Lipinski definition) is 1. The van der Waals surface area contributed by atoms with Gasteiger partial charge in [0.2, 0.25) is 0 Å². The molecule has 0 aliphatic rings. The minimum Gasteiger partial charge on any atom is -0.324 e. The van der Waals surface area contributed by atoms with Gasteiger partial charge in [-0.2, -0.15) is 0 Å². The fourth-order valence-electron chi connectivity index (χ4n) is 1.27. The van der Waals surface area contributed by atoms with Crippen LogP contribution in [0.5, 0.6) is 0 Å². The first-order valence-corrected chi connectivity index (χ1v) is 5.93. The quantitative estimate of drug-likeness (QED) is 0.897. The molecule has 2 N–H and O–H groups in total. The minimum absolute atomic E-state index is 0.152. The molecule has 1 nitrogen and oxygen atoms in total. The van der Waals surface area contributed by atoms with Gasteiger partial charge >= 0.3 is 0 Å². The minimum atomic E-state index is 0.152. The summed E-state index contributed by atoms with van der Waals surface area (Å²) in [6, 6.07) is 6.32. The number of benzene rings is 1. The summed E-state index contributed by atoms with van der Waals surface area (Å²) in [5, 5.41) is 0. The molecule has 0 aliphatic heterocycles. The van der Waals surface area contributed by atoms with Crippen LogP contribution < -0.4 is 5.73 Å². The molecule has 3 heteroatoms. The fourth-order valence-corrected chi connectivity index (χ4v) is 2.60. The Kier molecular flexibility index (Phi) is 4.42. The van der Waals surface area contributed by atoms with Crippen molar-refractivity contribution in [1.82, 2.24) is 0 Å². The van der Waals surface area contributed by atoms with Crippen LogP contribution in [0.2, 0.25) is 0 Å². The van der Waals surface area contributed by atoms with Crippen molar-refractivity contribution in [3.63, 3.8) is 0 Å². The Morgan fingerprint density at radius 3 is 2.23 bits per heavy atom. The lowest BCUT2D eigenvalue weighted by Gasteiger charge is -2.11. The molecule has 0 unspecified atom stereocenters. The van der Waals surface area contributed by atoms with Gasteiger partial charge in [-0.25, -0.2) is 0 Å². The Balaban J connectivity index is 2.87. The lowest BCUT2D eigenvalue weighted by molar-refractivity contribution is 0.638. The average molecular weight is 307 g/mol. The van der Waals surface area contributed by atoms with Crippen LogP contribution in [0.3, 0.4) is 0 Å². The number of nitrogens with two attached hydrogens (primary N) is 1. The van der Waals surface area contributed by atoms with Crippen molar-refractivity contribution in [2.24, 2.45) is 5.73 Å². The molecule has 1 atom stereocenters. The molecule has 0 spiro atoms. The van der Waals surface area contributed by atoms with E-state index >= 15 is 0 Å². The van der Waals surface area contributed by atoms with Crippen LogP contribution in [0, 0.1) is 0 Å². The van der Waals surface area contributed by atoms with E-state index in [9.17, 15) is 0 Å². The van der Waals surface area contributed by atoms with E-state index in [2.05, 4.69) is 50.9 Å². The van der Waals surface area contributed by atoms with Gasteiger partial charge in [0.15, 0.2) is 0 Å². The molecule has 1 aromatic rings. The van der Waals surface area contributed by atoms with Gasteiger partial charge in [0.05, 0.1) is 0 Å². The first-order chi connectivity index (χ1) is 6.13. The van der Waals surface area contributed by atoms with Crippen molar-refractivity contribution in [2.45, 2.75) is 25.8 Å². The topological polar surface area (TPSA) is 26.0 Å². The number of hydrogen-bond donors (Lipinski definition) is 1. The zero-order valence-corrected chi connectivity index (χ0v) is 10.7. The molecule has 0 saturated heterocycles. The van der Waals surface area contributed by atoms with Gasteiger partial charge in [-0.15, -0.1) is 0 Å². The Morgan fingerprint density at radius 1 is 1.23 bits per heavy atom. The van der Waals surface area contributed by atoms with Crippen LogP contribution in [0.15, 0.2) is 27.1 Å². The normalized spacial score (nSPS) is 12.9. The van der Waals surface area contributed by atoms with E-state index in [1.54, 1.807) is 0 Å². The third-order valence-corrected chi connectivity index (χ3v) is 2.83. The third-order valence-electron chi connectivity index (χ3n) is 1.91. The van der Waals surface area contributed by atoms with E-state index in [4.69, 9.17) is 5.73 Å². The molecular weight excluding hydrogens is 294 g/mol. The SMILES string of the molecule is CCC[C@@H](N)c1cc(Br)cc(Br)c1. The summed E-state index contributed by atoms with van der Waals surface area (Å²) in [6.45, 7) is 2.15. The van der Waals surface area contributed by atoms with Crippen LogP contribution in [0.4, 0.5) is 0 Å². The molecule has 1 rings (SSSR count). The highest BCUT2D eigenvalue weighted by Gasteiger charge is 2.05. The molecule has 0 aromatic heterocycles. The van der Waals surface area contributed by atoms with E-state index in [-0.39, 0.29) is 6.04 Å². The standard InChI is InChI=1S/C10H13Br2N/c1-2-3-10(13)7-4-8(11)6-9(12)5-7/h4-6,10H,2-3,13H2,1H3/t10-/m1/s1. The maximum absolute atomic E-state index is 6.00. The molecule has 0 fully saturated rings. The highest BCUT2D eigenvalue weighted by Crippen LogP contribution is 2.24. The maximum Gasteiger partial charge on any atom is 0.0295 e. The van der Waals surface area contributed by atoms with Crippen LogP contribution in [-0.2, 0) is 0 Å². The number of halogens is 2. The lowest BCUT2D eigenvalue weighted by atomic mass is 10.0. The summed E-state index contributed by atoms with van der Waals surface area (Å²) >= 11 is 6.89. The van der Waals surface area contributed by atoms with Gasteiger partial charge < -0.3 is 5.73 Å². The average Bonchev–Trinajstić information content (AvgIpc) is 2.03. The Morgan fingerprint density at radius 2 is 1.77 bits per heavy atom. The van der Waals surface area contributed by atoms with E-state index in [1.807, 2.05) is 6.07 Å². The van der Waals surface area contributed by atoms with Gasteiger partial charge in [0.1, 0.15) is 0 Å². The molecule has 0 radical (unpaired) electrons. The van der Waals surface area contributed by atoms with Gasteiger partial charge in [-0.05, 0) is 30.2 Å². The van der Waals surface area contributed by atoms with Crippen molar-refractivity contribution < 1.29 is 0 Å². The zero-order valence-electron chi connectivity index (χ0n) is 7.56. The van der Waals surface area contributed by atoms with Crippen LogP contribution in [0.1, 0.15) is 31.4 Å². The second kappa shape index (κ2) is 5.13. The van der Waals surface area contributed by atoms with Crippen molar-refractivity contribution in [2.75, 3.05) is 0 Å². The molecule has 13 heavy (non-hydrogen) atoms. The summed E-state index contributed by atoms with van der Waals surface area (Å²) in [4.78, 5) is 0. The molecule has 1 aromatic carbocycles. The van der Waals surface area contributed by atoms with Crippen molar-refractivity contribution >= 4 is 31.9 Å². The van der Waals surface area contributed by atoms with Gasteiger partial charge in [0, 0.05) is 15.0 Å². The largest absolute Gasteiger partial charge is 0.324 e. The maximum atomic E-state index is 6.00. The van der Waals surface area contributed by atoms with E-state index in [0.29, 0.717) is 0 Å². The predicted octanol–water partition coefficient (Wildman–Crippen LogP) is 4.01. The molecule has 0 amide bonds. The van der Waals surface area contributed by atoms with Crippen LogP contribution in [0.25, 0.3) is 0 Å². The Bertz CT molecular complexity index is 266. The smallest absolute Gasteiger partial charge is 0.0295 e. The highest BCUT2D eigenvalue weighted by atomic mass is 79.9. The van der Waals surface area contributed by atoms with E-state index in [0.717, 1.165) is 21.8 Å². The molecule has 0 aliphatic carbocycles. The van der Waals surface area contributed by atoms with Gasteiger partial charge in [0.25, 0.3) is 0 Å². The molecule has 0 heterocycles. The van der Waals surface area contributed by atoms with Crippen molar-refractivity contribution in [3.8, 4) is 0 Å². The van der Waals surface area contributed by atoms with Crippen LogP contribution >= 0.6 is 31.9 Å². The fraction of sp³-hybridized carbons (Fsp3) is 0.400. The lowest BCUT2D eigenvalue weighted by Crippen LogP contribution is -2.09. The molecule has 72 valence electrons. The summed E-state index contributed by atoms with van der Waals surface area (Å²) < 4.78 is 2.15. The van der Waals surface area contributed by atoms with Crippen LogP contribution in [-0.4, -0.2) is 0 Å². The molecular formula is C10H13Br2N. The first kappa shape index (κ1) is 11.2. The molecule has 0 saturated carbocycles. The monoisotopic (exact) mass is 305 g/mol. The zero-order chi connectivity index (χ0) is 9.84. The third kappa shape index (κ3) is 3.41. The number of rotatable bonds is 3. The summed E-state index contributed by atoms with van der Waals surface area (Å²) in [6.07, 6.45) is 2.15. The second-order valence-corrected chi connectivity index (χ2v) is 4.93. The van der Waals surface area contributed by atoms with Gasteiger partial charge in [-0.1, -0.05) is 45.2 Å². The first-order valence-electron chi connectivity index (χ1n) is 4.35. The van der Waals surface area contributed by atoms with Gasteiger partial charge in [-0.3, -0.25) is 0 Å². The van der Waals surface area contributed by atoms with Crippen molar-refractivity contribution in [1.29, 1.82) is 0 Å². The molecule has 0 bridgehead atoms. The summed E-state index contributed by atoms with van der Waals surface area (Å²) in [7, 11) is 0. The highest BCUT2D eigenvalue weighted by molar-refractivity contribution is 9.11. The summed E-state index contributed by atoms with van der Waals surface area (Å²) in [5.74, 6) is 0. The predicted molar refractivity (Wildman–Crippen MR) is 63.7 cm³/mol.